The highest BCUT2D eigenvalue weighted by atomic mass is 79.9. The van der Waals surface area contributed by atoms with Crippen LogP contribution in [0.4, 0.5) is 0 Å². The van der Waals surface area contributed by atoms with Gasteiger partial charge in [-0.05, 0) is 98.7 Å². The molecule has 52 heavy (non-hydrogen) atoms. The van der Waals surface area contributed by atoms with Gasteiger partial charge in [0.1, 0.15) is 16.7 Å². The summed E-state index contributed by atoms with van der Waals surface area (Å²) in [5.41, 5.74) is 7.81. The molecule has 262 valence electrons. The average molecular weight is 825 g/mol. The second kappa shape index (κ2) is 12.8. The van der Waals surface area contributed by atoms with Gasteiger partial charge in [-0.15, -0.1) is 0 Å². The lowest BCUT2D eigenvalue weighted by molar-refractivity contribution is -0.126. The molecule has 14 heteroatoms. The van der Waals surface area contributed by atoms with Crippen LogP contribution in [-0.2, 0) is 17.6 Å². The number of aromatic nitrogens is 6. The highest BCUT2D eigenvalue weighted by Crippen LogP contribution is 2.42. The van der Waals surface area contributed by atoms with Gasteiger partial charge in [-0.2, -0.15) is 5.10 Å². The Bertz CT molecular complexity index is 2460. The Morgan fingerprint density at radius 3 is 2.31 bits per heavy atom. The molecule has 2 amide bonds. The van der Waals surface area contributed by atoms with Gasteiger partial charge in [0.15, 0.2) is 5.75 Å². The predicted molar refractivity (Wildman–Crippen MR) is 201 cm³/mol. The van der Waals surface area contributed by atoms with Gasteiger partial charge < -0.3 is 24.5 Å². The molecule has 1 aliphatic carbocycles. The van der Waals surface area contributed by atoms with E-state index in [0.29, 0.717) is 76.5 Å². The second-order valence-electron chi connectivity index (χ2n) is 13.4. The molecule has 0 radical (unpaired) electrons. The summed E-state index contributed by atoms with van der Waals surface area (Å²) in [4.78, 5) is 60.0. The Labute approximate surface area is 314 Å². The Morgan fingerprint density at radius 1 is 0.904 bits per heavy atom. The minimum Gasteiger partial charge on any atom is -0.421 e. The Balaban J connectivity index is 1.14. The van der Waals surface area contributed by atoms with Gasteiger partial charge >= 0.3 is 5.97 Å². The van der Waals surface area contributed by atoms with Crippen LogP contribution in [-0.4, -0.2) is 76.9 Å². The molecule has 0 saturated heterocycles. The van der Waals surface area contributed by atoms with E-state index in [2.05, 4.69) is 64.4 Å². The molecule has 3 aromatic heterocycles. The van der Waals surface area contributed by atoms with Gasteiger partial charge in [0, 0.05) is 47.0 Å². The fraction of sp³-hybridized carbons (Fsp3) is 0.263. The van der Waals surface area contributed by atoms with E-state index in [-0.39, 0.29) is 18.4 Å². The predicted octanol–water partition coefficient (Wildman–Crippen LogP) is 6.95. The normalized spacial score (nSPS) is 17.2. The number of halogens is 2. The fourth-order valence-corrected chi connectivity index (χ4v) is 8.67. The molecule has 1 fully saturated rings. The number of rotatable bonds is 6. The number of nitrogens with one attached hydrogen (secondary N) is 2. The van der Waals surface area contributed by atoms with Crippen LogP contribution in [0.1, 0.15) is 74.5 Å². The molecule has 0 spiro atoms. The number of ether oxygens (including phenoxy) is 1. The molecule has 6 aromatic rings. The molecule has 2 N–H and O–H groups in total. The summed E-state index contributed by atoms with van der Waals surface area (Å²) in [6.07, 6.45) is 8.78. The van der Waals surface area contributed by atoms with Crippen molar-refractivity contribution < 1.29 is 19.1 Å². The van der Waals surface area contributed by atoms with Crippen molar-refractivity contribution in [3.05, 3.63) is 110 Å². The lowest BCUT2D eigenvalue weighted by Gasteiger charge is -2.38. The van der Waals surface area contributed by atoms with Crippen molar-refractivity contribution in [2.24, 2.45) is 0 Å². The van der Waals surface area contributed by atoms with Crippen molar-refractivity contribution in [3.8, 4) is 11.4 Å². The van der Waals surface area contributed by atoms with E-state index >= 15 is 0 Å². The topological polar surface area (TPSA) is 142 Å². The second-order valence-corrected chi connectivity index (χ2v) is 15.1. The molecular weight excluding hydrogens is 792 g/mol. The van der Waals surface area contributed by atoms with Crippen LogP contribution in [0.25, 0.3) is 27.8 Å². The van der Waals surface area contributed by atoms with E-state index < -0.39 is 12.0 Å². The number of aromatic amines is 2. The summed E-state index contributed by atoms with van der Waals surface area (Å²) in [6.45, 7) is 4.82. The fourth-order valence-electron chi connectivity index (χ4n) is 7.81. The van der Waals surface area contributed by atoms with Gasteiger partial charge in [-0.1, -0.05) is 19.1 Å². The van der Waals surface area contributed by atoms with Crippen molar-refractivity contribution >= 4 is 71.7 Å². The van der Waals surface area contributed by atoms with Crippen molar-refractivity contribution in [3.63, 3.8) is 0 Å². The molecule has 9 rings (SSSR count). The summed E-state index contributed by atoms with van der Waals surface area (Å²) >= 11 is 7.06. The first-order chi connectivity index (χ1) is 25.3. The molecule has 12 nitrogen and oxygen atoms in total. The van der Waals surface area contributed by atoms with Gasteiger partial charge in [0.2, 0.25) is 5.91 Å². The third-order valence-electron chi connectivity index (χ3n) is 10.7. The van der Waals surface area contributed by atoms with Crippen molar-refractivity contribution in [1.29, 1.82) is 0 Å². The molecule has 3 aliphatic rings. The number of hydrogen-bond donors (Lipinski definition) is 2. The van der Waals surface area contributed by atoms with E-state index in [0.717, 1.165) is 44.3 Å². The minimum absolute atomic E-state index is 0.164. The number of fused-ring (bicyclic) bond motifs is 2. The van der Waals surface area contributed by atoms with E-state index in [4.69, 9.17) is 9.84 Å². The van der Waals surface area contributed by atoms with Crippen LogP contribution >= 0.6 is 31.9 Å². The van der Waals surface area contributed by atoms with Crippen molar-refractivity contribution in [1.82, 2.24) is 39.5 Å². The third-order valence-corrected chi connectivity index (χ3v) is 11.9. The number of amides is 2. The number of imidazole rings is 2. The van der Waals surface area contributed by atoms with Gasteiger partial charge in [0.05, 0.1) is 52.2 Å². The lowest BCUT2D eigenvalue weighted by atomic mass is 9.80. The van der Waals surface area contributed by atoms with Crippen LogP contribution in [0.2, 0.25) is 0 Å². The number of H-pyrrole nitrogens is 2. The summed E-state index contributed by atoms with van der Waals surface area (Å²) in [5.74, 6) is -0.0540. The van der Waals surface area contributed by atoms with Crippen LogP contribution in [0.3, 0.4) is 0 Å². The van der Waals surface area contributed by atoms with E-state index in [1.807, 2.05) is 27.8 Å². The first-order valence-corrected chi connectivity index (χ1v) is 18.8. The number of benzene rings is 3. The van der Waals surface area contributed by atoms with Gasteiger partial charge in [-0.25, -0.2) is 19.4 Å². The number of carbonyl (C=O) groups excluding carboxylic acids is 3. The standard InChI is InChI=1S/C38H32Br2N8O4/c1-2-31(49)46-14-12-26-32-28(13-15-47(29(32)17-46)37(50)22-7-9-24(39)35-33(22)41-18-43-35)48(45-26)27-11-6-21(20-4-3-5-20)16-30(27)52-38(51)23-8-10-25(40)36-34(23)42-19-44-36/h2,6-11,16,18-20,29H,1,3-5,12-15,17H2,(H,41,43)(H,42,44). The molecular formula is C38H32Br2N8O4. The number of esters is 1. The first kappa shape index (κ1) is 32.8. The van der Waals surface area contributed by atoms with Crippen LogP contribution in [0.15, 0.2) is 76.7 Å². The monoisotopic (exact) mass is 822 g/mol. The lowest BCUT2D eigenvalue weighted by Crippen LogP contribution is -2.46. The third kappa shape index (κ3) is 5.30. The number of nitrogens with zero attached hydrogens (tertiary/aromatic N) is 6. The molecule has 1 saturated carbocycles. The van der Waals surface area contributed by atoms with E-state index in [9.17, 15) is 14.4 Å². The summed E-state index contributed by atoms with van der Waals surface area (Å²) in [6, 6.07) is 12.7. The molecule has 2 aliphatic heterocycles. The van der Waals surface area contributed by atoms with Crippen molar-refractivity contribution in [2.45, 2.75) is 44.1 Å². The van der Waals surface area contributed by atoms with E-state index in [1.165, 1.54) is 12.5 Å². The molecule has 5 heterocycles. The number of carbonyl (C=O) groups is 3. The zero-order chi connectivity index (χ0) is 35.7. The highest BCUT2D eigenvalue weighted by molar-refractivity contribution is 9.11. The zero-order valence-corrected chi connectivity index (χ0v) is 31.0. The van der Waals surface area contributed by atoms with Crippen LogP contribution in [0, 0.1) is 0 Å². The van der Waals surface area contributed by atoms with Gasteiger partial charge in [0.25, 0.3) is 5.91 Å². The quantitative estimate of drug-likeness (QED) is 0.105. The minimum atomic E-state index is -0.510. The first-order valence-electron chi connectivity index (χ1n) is 17.2. The Morgan fingerprint density at radius 2 is 1.62 bits per heavy atom. The largest absolute Gasteiger partial charge is 0.421 e. The molecule has 1 atom stereocenters. The smallest absolute Gasteiger partial charge is 0.345 e. The summed E-state index contributed by atoms with van der Waals surface area (Å²) < 4.78 is 9.73. The summed E-state index contributed by atoms with van der Waals surface area (Å²) in [7, 11) is 0. The molecule has 1 unspecified atom stereocenters. The highest BCUT2D eigenvalue weighted by Gasteiger charge is 2.41. The Hall–Kier alpha value is -5.08. The van der Waals surface area contributed by atoms with Crippen LogP contribution < -0.4 is 4.74 Å². The molecule has 3 aromatic carbocycles. The van der Waals surface area contributed by atoms with Crippen LogP contribution in [0.5, 0.6) is 5.75 Å². The maximum absolute atomic E-state index is 14.5. The van der Waals surface area contributed by atoms with E-state index in [1.54, 1.807) is 35.8 Å². The van der Waals surface area contributed by atoms with Crippen molar-refractivity contribution in [2.75, 3.05) is 19.6 Å². The van der Waals surface area contributed by atoms with Gasteiger partial charge in [-0.3, -0.25) is 9.59 Å². The summed E-state index contributed by atoms with van der Waals surface area (Å²) in [5, 5.41) is 5.16. The maximum atomic E-state index is 14.5. The molecule has 0 bridgehead atoms. The number of hydrogen-bond acceptors (Lipinski definition) is 7. The maximum Gasteiger partial charge on any atom is 0.345 e. The average Bonchev–Trinajstić information content (AvgIpc) is 3.87. The zero-order valence-electron chi connectivity index (χ0n) is 27.9. The Kier molecular flexibility index (Phi) is 8.11. The SMILES string of the molecule is C=CC(=O)N1CCc2nn(-c3ccc(C4CCC4)cc3OC(=O)c3ccc(Br)c4nc[nH]c34)c3c2C(C1)N(C(=O)c1ccc(Br)c2nc[nH]c12)CC3.